The summed E-state index contributed by atoms with van der Waals surface area (Å²) in [6.45, 7) is 9.85. The number of hydrogen-bond donors (Lipinski definition) is 1. The van der Waals surface area contributed by atoms with Crippen LogP contribution < -0.4 is 5.32 Å². The molecule has 1 saturated carbocycles. The quantitative estimate of drug-likeness (QED) is 0.765. The van der Waals surface area contributed by atoms with Gasteiger partial charge in [-0.25, -0.2) is 0 Å². The summed E-state index contributed by atoms with van der Waals surface area (Å²) in [5.74, 6) is 1.86. The molecule has 1 aliphatic heterocycles. The molecule has 0 aromatic heterocycles. The third-order valence-corrected chi connectivity index (χ3v) is 4.40. The molecule has 0 bridgehead atoms. The van der Waals surface area contributed by atoms with Gasteiger partial charge in [-0.1, -0.05) is 20.3 Å². The molecule has 0 aromatic rings. The van der Waals surface area contributed by atoms with E-state index in [1.165, 1.54) is 64.7 Å². The minimum atomic E-state index is 0.766. The number of nitrogens with zero attached hydrogens (tertiary/aromatic N) is 1. The van der Waals surface area contributed by atoms with E-state index in [1.807, 2.05) is 0 Å². The summed E-state index contributed by atoms with van der Waals surface area (Å²) in [5, 5.41) is 3.75. The minimum Gasteiger partial charge on any atom is -0.313 e. The first-order valence-electron chi connectivity index (χ1n) is 7.70. The van der Waals surface area contributed by atoms with Crippen molar-refractivity contribution >= 4 is 0 Å². The molecule has 0 radical (unpaired) electrons. The molecule has 1 saturated heterocycles. The average molecular weight is 238 g/mol. The molecule has 2 aliphatic rings. The summed E-state index contributed by atoms with van der Waals surface area (Å²) in [6, 6.07) is 0.766. The first-order chi connectivity index (χ1) is 8.24. The van der Waals surface area contributed by atoms with Crippen LogP contribution in [-0.2, 0) is 0 Å². The molecule has 1 atom stereocenters. The van der Waals surface area contributed by atoms with Crippen LogP contribution in [-0.4, -0.2) is 37.1 Å². The molecule has 1 N–H and O–H groups in total. The zero-order chi connectivity index (χ0) is 12.1. The molecule has 2 nitrogen and oxygen atoms in total. The molecule has 0 spiro atoms. The van der Waals surface area contributed by atoms with Crippen LogP contribution in [0.1, 0.15) is 52.4 Å². The molecular formula is C15H30N2. The molecule has 2 rings (SSSR count). The Balaban J connectivity index is 1.61. The number of rotatable bonds is 6. The lowest BCUT2D eigenvalue weighted by molar-refractivity contribution is 0.135. The summed E-state index contributed by atoms with van der Waals surface area (Å²) in [4.78, 5) is 2.71. The van der Waals surface area contributed by atoms with E-state index in [4.69, 9.17) is 0 Å². The Labute approximate surface area is 107 Å². The lowest BCUT2D eigenvalue weighted by Crippen LogP contribution is -2.47. The highest BCUT2D eigenvalue weighted by molar-refractivity contribution is 4.81. The van der Waals surface area contributed by atoms with E-state index in [0.29, 0.717) is 0 Å². The van der Waals surface area contributed by atoms with Crippen LogP contribution in [0, 0.1) is 11.8 Å². The van der Waals surface area contributed by atoms with Gasteiger partial charge in [-0.05, 0) is 57.0 Å². The number of hydrogen-bond acceptors (Lipinski definition) is 2. The summed E-state index contributed by atoms with van der Waals surface area (Å²) < 4.78 is 0. The highest BCUT2D eigenvalue weighted by Gasteiger charge is 2.24. The van der Waals surface area contributed by atoms with Crippen LogP contribution in [0.3, 0.4) is 0 Å². The van der Waals surface area contributed by atoms with Crippen LogP contribution >= 0.6 is 0 Å². The Morgan fingerprint density at radius 3 is 2.65 bits per heavy atom. The van der Waals surface area contributed by atoms with E-state index in [9.17, 15) is 0 Å². The topological polar surface area (TPSA) is 15.3 Å². The van der Waals surface area contributed by atoms with E-state index in [2.05, 4.69) is 24.1 Å². The first kappa shape index (κ1) is 13.4. The van der Waals surface area contributed by atoms with Gasteiger partial charge in [0.05, 0.1) is 0 Å². The standard InChI is InChI=1S/C15H30N2/c1-13(2)8-9-16-15-7-4-10-17(12-15)11-14-5-3-6-14/h13-16H,3-12H2,1-2H3. The summed E-state index contributed by atoms with van der Waals surface area (Å²) >= 11 is 0. The summed E-state index contributed by atoms with van der Waals surface area (Å²) in [5.41, 5.74) is 0. The normalized spacial score (nSPS) is 27.4. The van der Waals surface area contributed by atoms with Gasteiger partial charge in [-0.15, -0.1) is 0 Å². The molecular weight excluding hydrogens is 208 g/mol. The van der Waals surface area contributed by atoms with E-state index in [-0.39, 0.29) is 0 Å². The Bertz CT molecular complexity index is 211. The van der Waals surface area contributed by atoms with Crippen molar-refractivity contribution in [2.24, 2.45) is 11.8 Å². The van der Waals surface area contributed by atoms with Crippen molar-refractivity contribution in [3.05, 3.63) is 0 Å². The molecule has 100 valence electrons. The Morgan fingerprint density at radius 1 is 1.18 bits per heavy atom. The van der Waals surface area contributed by atoms with E-state index < -0.39 is 0 Å². The van der Waals surface area contributed by atoms with Gasteiger partial charge in [-0.2, -0.15) is 0 Å². The third kappa shape index (κ3) is 4.59. The predicted molar refractivity (Wildman–Crippen MR) is 74.3 cm³/mol. The first-order valence-corrected chi connectivity index (χ1v) is 7.70. The predicted octanol–water partition coefficient (Wildman–Crippen LogP) is 2.89. The van der Waals surface area contributed by atoms with Crippen molar-refractivity contribution in [1.82, 2.24) is 10.2 Å². The van der Waals surface area contributed by atoms with Crippen molar-refractivity contribution in [3.8, 4) is 0 Å². The molecule has 2 fully saturated rings. The Hall–Kier alpha value is -0.0800. The molecule has 17 heavy (non-hydrogen) atoms. The number of nitrogens with one attached hydrogen (secondary N) is 1. The number of likely N-dealkylation sites (tertiary alicyclic amines) is 1. The molecule has 2 heteroatoms. The monoisotopic (exact) mass is 238 g/mol. The van der Waals surface area contributed by atoms with Crippen LogP contribution in [0.5, 0.6) is 0 Å². The van der Waals surface area contributed by atoms with Crippen molar-refractivity contribution < 1.29 is 0 Å². The second-order valence-corrected chi connectivity index (χ2v) is 6.53. The molecule has 0 amide bonds. The lowest BCUT2D eigenvalue weighted by atomic mass is 9.84. The van der Waals surface area contributed by atoms with Gasteiger partial charge >= 0.3 is 0 Å². The summed E-state index contributed by atoms with van der Waals surface area (Å²) in [6.07, 6.45) is 8.56. The zero-order valence-electron chi connectivity index (χ0n) is 11.8. The maximum atomic E-state index is 3.75. The van der Waals surface area contributed by atoms with Crippen LogP contribution in [0.15, 0.2) is 0 Å². The third-order valence-electron chi connectivity index (χ3n) is 4.40. The fourth-order valence-electron chi connectivity index (χ4n) is 3.00. The largest absolute Gasteiger partial charge is 0.313 e. The van der Waals surface area contributed by atoms with Crippen LogP contribution in [0.2, 0.25) is 0 Å². The maximum absolute atomic E-state index is 3.75. The van der Waals surface area contributed by atoms with E-state index in [0.717, 1.165) is 17.9 Å². The lowest BCUT2D eigenvalue weighted by Gasteiger charge is -2.38. The zero-order valence-corrected chi connectivity index (χ0v) is 11.8. The van der Waals surface area contributed by atoms with Crippen LogP contribution in [0.25, 0.3) is 0 Å². The second-order valence-electron chi connectivity index (χ2n) is 6.53. The molecule has 1 aliphatic carbocycles. The van der Waals surface area contributed by atoms with Crippen molar-refractivity contribution in [2.75, 3.05) is 26.2 Å². The average Bonchev–Trinajstić information content (AvgIpc) is 2.24. The highest BCUT2D eigenvalue weighted by atomic mass is 15.2. The highest BCUT2D eigenvalue weighted by Crippen LogP contribution is 2.28. The maximum Gasteiger partial charge on any atom is 0.0195 e. The van der Waals surface area contributed by atoms with Crippen molar-refractivity contribution in [2.45, 2.75) is 58.4 Å². The molecule has 1 heterocycles. The fraction of sp³-hybridized carbons (Fsp3) is 1.00. The van der Waals surface area contributed by atoms with Gasteiger partial charge in [0, 0.05) is 19.1 Å². The smallest absolute Gasteiger partial charge is 0.0195 e. The Morgan fingerprint density at radius 2 is 2.00 bits per heavy atom. The second kappa shape index (κ2) is 6.75. The van der Waals surface area contributed by atoms with Crippen molar-refractivity contribution in [1.29, 1.82) is 0 Å². The fourth-order valence-corrected chi connectivity index (χ4v) is 3.00. The molecule has 1 unspecified atom stereocenters. The Kier molecular flexibility index (Phi) is 5.30. The van der Waals surface area contributed by atoms with E-state index in [1.54, 1.807) is 0 Å². The summed E-state index contributed by atoms with van der Waals surface area (Å²) in [7, 11) is 0. The van der Waals surface area contributed by atoms with Gasteiger partial charge in [0.1, 0.15) is 0 Å². The van der Waals surface area contributed by atoms with Gasteiger partial charge in [-0.3, -0.25) is 0 Å². The SMILES string of the molecule is CC(C)CCNC1CCCN(CC2CCC2)C1. The minimum absolute atomic E-state index is 0.766. The molecule has 0 aromatic carbocycles. The number of piperidine rings is 1. The van der Waals surface area contributed by atoms with E-state index >= 15 is 0 Å². The van der Waals surface area contributed by atoms with Gasteiger partial charge in [0.2, 0.25) is 0 Å². The van der Waals surface area contributed by atoms with Crippen molar-refractivity contribution in [3.63, 3.8) is 0 Å². The van der Waals surface area contributed by atoms with Gasteiger partial charge in [0.15, 0.2) is 0 Å². The van der Waals surface area contributed by atoms with Gasteiger partial charge < -0.3 is 10.2 Å². The van der Waals surface area contributed by atoms with Crippen LogP contribution in [0.4, 0.5) is 0 Å². The van der Waals surface area contributed by atoms with Gasteiger partial charge in [0.25, 0.3) is 0 Å².